The molecule has 1 fully saturated rings. The molecule has 1 amide bonds. The van der Waals surface area contributed by atoms with Gasteiger partial charge in [-0.1, -0.05) is 51.1 Å². The molecule has 4 nitrogen and oxygen atoms in total. The molecule has 0 saturated carbocycles. The van der Waals surface area contributed by atoms with E-state index in [2.05, 4.69) is 36.1 Å². The van der Waals surface area contributed by atoms with E-state index >= 15 is 0 Å². The Bertz CT molecular complexity index is 474. The van der Waals surface area contributed by atoms with Crippen molar-refractivity contribution in [2.75, 3.05) is 19.6 Å². The summed E-state index contributed by atoms with van der Waals surface area (Å²) in [6.45, 7) is 9.77. The van der Waals surface area contributed by atoms with Crippen LogP contribution in [-0.2, 0) is 11.3 Å². The van der Waals surface area contributed by atoms with Crippen LogP contribution in [0.5, 0.6) is 0 Å². The Morgan fingerprint density at radius 1 is 1.36 bits per heavy atom. The zero-order valence-corrected chi connectivity index (χ0v) is 14.0. The number of amides is 1. The van der Waals surface area contributed by atoms with E-state index in [0.717, 1.165) is 32.6 Å². The molecule has 4 heteroatoms. The van der Waals surface area contributed by atoms with Gasteiger partial charge in [0, 0.05) is 25.7 Å². The minimum Gasteiger partial charge on any atom is -0.340 e. The summed E-state index contributed by atoms with van der Waals surface area (Å²) in [5, 5.41) is 0. The van der Waals surface area contributed by atoms with Gasteiger partial charge in [-0.2, -0.15) is 0 Å². The van der Waals surface area contributed by atoms with E-state index in [1.54, 1.807) is 0 Å². The molecule has 0 spiro atoms. The zero-order valence-electron chi connectivity index (χ0n) is 14.0. The third kappa shape index (κ3) is 4.08. The van der Waals surface area contributed by atoms with E-state index < -0.39 is 0 Å². The topological polar surface area (TPSA) is 49.6 Å². The van der Waals surface area contributed by atoms with Crippen LogP contribution in [0.4, 0.5) is 0 Å². The highest BCUT2D eigenvalue weighted by Gasteiger charge is 2.32. The van der Waals surface area contributed by atoms with E-state index in [1.807, 2.05) is 24.8 Å². The number of hydrogen-bond donors (Lipinski definition) is 1. The third-order valence-electron chi connectivity index (χ3n) is 4.63. The molecule has 0 aromatic heterocycles. The van der Waals surface area contributed by atoms with Gasteiger partial charge >= 0.3 is 0 Å². The molecular weight excluding hydrogens is 274 g/mol. The van der Waals surface area contributed by atoms with Crippen molar-refractivity contribution in [3.8, 4) is 0 Å². The Labute approximate surface area is 134 Å². The highest BCUT2D eigenvalue weighted by Crippen LogP contribution is 2.19. The molecular formula is C18H29N3O. The first-order chi connectivity index (χ1) is 10.5. The number of carbonyl (C=O) groups excluding carboxylic acids is 1. The SMILES string of the molecule is CCN(Cc1ccccc1)[C@@H]1CCN(C(=O)[C@@H](N)C(C)C)C1. The molecule has 0 aliphatic carbocycles. The van der Waals surface area contributed by atoms with Crippen molar-refractivity contribution in [2.45, 2.75) is 45.8 Å². The van der Waals surface area contributed by atoms with Gasteiger partial charge in [-0.3, -0.25) is 9.69 Å². The quantitative estimate of drug-likeness (QED) is 0.875. The Morgan fingerprint density at radius 2 is 2.05 bits per heavy atom. The predicted octanol–water partition coefficient (Wildman–Crippen LogP) is 2.09. The monoisotopic (exact) mass is 303 g/mol. The molecule has 1 heterocycles. The van der Waals surface area contributed by atoms with Crippen LogP contribution in [0.2, 0.25) is 0 Å². The second kappa shape index (κ2) is 7.75. The maximum absolute atomic E-state index is 12.4. The van der Waals surface area contributed by atoms with Gasteiger partial charge in [-0.25, -0.2) is 0 Å². The molecule has 0 radical (unpaired) electrons. The van der Waals surface area contributed by atoms with Crippen LogP contribution in [0.25, 0.3) is 0 Å². The van der Waals surface area contributed by atoms with Crippen LogP contribution in [0, 0.1) is 5.92 Å². The molecule has 0 bridgehead atoms. The number of carbonyl (C=O) groups is 1. The van der Waals surface area contributed by atoms with Crippen LogP contribution < -0.4 is 5.73 Å². The average Bonchev–Trinajstić information content (AvgIpc) is 3.01. The summed E-state index contributed by atoms with van der Waals surface area (Å²) in [4.78, 5) is 16.8. The highest BCUT2D eigenvalue weighted by atomic mass is 16.2. The third-order valence-corrected chi connectivity index (χ3v) is 4.63. The van der Waals surface area contributed by atoms with E-state index in [4.69, 9.17) is 5.73 Å². The minimum atomic E-state index is -0.372. The first-order valence-electron chi connectivity index (χ1n) is 8.35. The number of likely N-dealkylation sites (N-methyl/N-ethyl adjacent to an activating group) is 1. The second-order valence-corrected chi connectivity index (χ2v) is 6.55. The first kappa shape index (κ1) is 17.0. The number of likely N-dealkylation sites (tertiary alicyclic amines) is 1. The Kier molecular flexibility index (Phi) is 5.98. The molecule has 2 rings (SSSR count). The maximum atomic E-state index is 12.4. The lowest BCUT2D eigenvalue weighted by molar-refractivity contribution is -0.132. The molecule has 0 unspecified atom stereocenters. The Balaban J connectivity index is 1.94. The van der Waals surface area contributed by atoms with Crippen molar-refractivity contribution in [2.24, 2.45) is 11.7 Å². The maximum Gasteiger partial charge on any atom is 0.239 e. The molecule has 1 aliphatic rings. The fourth-order valence-electron chi connectivity index (χ4n) is 3.05. The summed E-state index contributed by atoms with van der Waals surface area (Å²) in [6, 6.07) is 10.6. The zero-order chi connectivity index (χ0) is 16.1. The number of benzene rings is 1. The predicted molar refractivity (Wildman–Crippen MR) is 90.3 cm³/mol. The van der Waals surface area contributed by atoms with Gasteiger partial charge in [-0.15, -0.1) is 0 Å². The fourth-order valence-corrected chi connectivity index (χ4v) is 3.05. The van der Waals surface area contributed by atoms with E-state index in [0.29, 0.717) is 6.04 Å². The Morgan fingerprint density at radius 3 is 2.64 bits per heavy atom. The van der Waals surface area contributed by atoms with Gasteiger partial charge in [0.1, 0.15) is 0 Å². The van der Waals surface area contributed by atoms with Crippen LogP contribution in [0.1, 0.15) is 32.8 Å². The smallest absolute Gasteiger partial charge is 0.239 e. The van der Waals surface area contributed by atoms with Crippen LogP contribution >= 0.6 is 0 Å². The largest absolute Gasteiger partial charge is 0.340 e. The lowest BCUT2D eigenvalue weighted by Gasteiger charge is -2.28. The summed E-state index contributed by atoms with van der Waals surface area (Å²) < 4.78 is 0. The number of nitrogens with zero attached hydrogens (tertiary/aromatic N) is 2. The van der Waals surface area contributed by atoms with Crippen LogP contribution in [-0.4, -0.2) is 47.4 Å². The lowest BCUT2D eigenvalue weighted by atomic mass is 10.0. The summed E-state index contributed by atoms with van der Waals surface area (Å²) in [5.41, 5.74) is 7.34. The van der Waals surface area contributed by atoms with E-state index in [-0.39, 0.29) is 17.9 Å². The number of rotatable bonds is 6. The lowest BCUT2D eigenvalue weighted by Crippen LogP contribution is -2.47. The minimum absolute atomic E-state index is 0.105. The van der Waals surface area contributed by atoms with Crippen LogP contribution in [0.3, 0.4) is 0 Å². The summed E-state index contributed by atoms with van der Waals surface area (Å²) in [7, 11) is 0. The van der Waals surface area contributed by atoms with Gasteiger partial charge < -0.3 is 10.6 Å². The fraction of sp³-hybridized carbons (Fsp3) is 0.611. The molecule has 122 valence electrons. The van der Waals surface area contributed by atoms with E-state index in [1.165, 1.54) is 5.56 Å². The normalized spacial score (nSPS) is 19.9. The number of hydrogen-bond acceptors (Lipinski definition) is 3. The summed E-state index contributed by atoms with van der Waals surface area (Å²) in [5.74, 6) is 0.298. The van der Waals surface area contributed by atoms with Crippen LogP contribution in [0.15, 0.2) is 30.3 Å². The van der Waals surface area contributed by atoms with Gasteiger partial charge in [0.2, 0.25) is 5.91 Å². The molecule has 1 aliphatic heterocycles. The van der Waals surface area contributed by atoms with Gasteiger partial charge in [0.15, 0.2) is 0 Å². The van der Waals surface area contributed by atoms with Crippen molar-refractivity contribution in [1.29, 1.82) is 0 Å². The Hall–Kier alpha value is -1.39. The first-order valence-corrected chi connectivity index (χ1v) is 8.35. The highest BCUT2D eigenvalue weighted by molar-refractivity contribution is 5.82. The summed E-state index contributed by atoms with van der Waals surface area (Å²) >= 11 is 0. The molecule has 22 heavy (non-hydrogen) atoms. The van der Waals surface area contributed by atoms with Gasteiger partial charge in [-0.05, 0) is 24.4 Å². The van der Waals surface area contributed by atoms with Crippen molar-refractivity contribution >= 4 is 5.91 Å². The number of nitrogens with two attached hydrogens (primary N) is 1. The van der Waals surface area contributed by atoms with Crippen molar-refractivity contribution in [1.82, 2.24) is 9.80 Å². The van der Waals surface area contributed by atoms with E-state index in [9.17, 15) is 4.79 Å². The second-order valence-electron chi connectivity index (χ2n) is 6.55. The van der Waals surface area contributed by atoms with Crippen molar-refractivity contribution < 1.29 is 4.79 Å². The standard InChI is InChI=1S/C18H29N3O/c1-4-20(12-15-8-6-5-7-9-15)16-10-11-21(13-16)18(22)17(19)14(2)3/h5-9,14,16-17H,4,10-13,19H2,1-3H3/t16-,17+/m1/s1. The average molecular weight is 303 g/mol. The molecule has 2 N–H and O–H groups in total. The molecule has 2 atom stereocenters. The molecule has 1 aromatic carbocycles. The molecule has 1 saturated heterocycles. The molecule has 1 aromatic rings. The summed E-state index contributed by atoms with van der Waals surface area (Å²) in [6.07, 6.45) is 1.04. The van der Waals surface area contributed by atoms with Gasteiger partial charge in [0.05, 0.1) is 6.04 Å². The van der Waals surface area contributed by atoms with Crippen molar-refractivity contribution in [3.63, 3.8) is 0 Å². The van der Waals surface area contributed by atoms with Gasteiger partial charge in [0.25, 0.3) is 0 Å². The van der Waals surface area contributed by atoms with Crippen molar-refractivity contribution in [3.05, 3.63) is 35.9 Å².